The lowest BCUT2D eigenvalue weighted by Gasteiger charge is -2.14. The van der Waals surface area contributed by atoms with Crippen molar-refractivity contribution in [1.29, 1.82) is 0 Å². The Bertz CT molecular complexity index is 390. The van der Waals surface area contributed by atoms with E-state index in [9.17, 15) is 9.90 Å². The number of allylic oxidation sites excluding steroid dienone is 2. The number of likely N-dealkylation sites (N-methyl/N-ethyl adjacent to an activating group) is 1. The van der Waals surface area contributed by atoms with Crippen molar-refractivity contribution >= 4 is 5.91 Å². The van der Waals surface area contributed by atoms with Crippen molar-refractivity contribution < 1.29 is 9.90 Å². The van der Waals surface area contributed by atoms with Crippen LogP contribution in [0.1, 0.15) is 19.8 Å². The van der Waals surface area contributed by atoms with Crippen molar-refractivity contribution in [2.45, 2.75) is 25.4 Å². The molecule has 2 aliphatic rings. The van der Waals surface area contributed by atoms with E-state index in [4.69, 9.17) is 0 Å². The van der Waals surface area contributed by atoms with Gasteiger partial charge >= 0.3 is 0 Å². The molecule has 1 heterocycles. The monoisotopic (exact) mass is 219 g/mol. The molecule has 3 heteroatoms. The second-order valence-corrected chi connectivity index (χ2v) is 4.77. The molecule has 0 radical (unpaired) electrons. The summed E-state index contributed by atoms with van der Waals surface area (Å²) in [6.07, 6.45) is 5.62. The smallest absolute Gasteiger partial charge is 0.267 e. The number of amides is 1. The van der Waals surface area contributed by atoms with Gasteiger partial charge in [0.15, 0.2) is 0 Å². The van der Waals surface area contributed by atoms with Gasteiger partial charge in [0.1, 0.15) is 0 Å². The molecule has 0 aromatic heterocycles. The van der Waals surface area contributed by atoms with Crippen LogP contribution < -0.4 is 0 Å². The fourth-order valence-corrected chi connectivity index (χ4v) is 2.14. The molecule has 0 saturated carbocycles. The third kappa shape index (κ3) is 1.85. The first-order valence-electron chi connectivity index (χ1n) is 5.70. The molecule has 0 unspecified atom stereocenters. The summed E-state index contributed by atoms with van der Waals surface area (Å²) in [6, 6.07) is 0. The number of aliphatic hydroxyl groups is 1. The first-order valence-corrected chi connectivity index (χ1v) is 5.70. The van der Waals surface area contributed by atoms with E-state index in [1.54, 1.807) is 7.05 Å². The summed E-state index contributed by atoms with van der Waals surface area (Å²) in [5.41, 5.74) is -1.44. The minimum Gasteiger partial charge on any atom is -0.369 e. The summed E-state index contributed by atoms with van der Waals surface area (Å²) < 4.78 is 0. The van der Waals surface area contributed by atoms with Crippen LogP contribution in [0.2, 0.25) is 0 Å². The van der Waals surface area contributed by atoms with Crippen LogP contribution in [0.5, 0.6) is 0 Å². The Kier molecular flexibility index (Phi) is 2.77. The Balaban J connectivity index is 2.12. The zero-order chi connectivity index (χ0) is 11.8. The maximum Gasteiger partial charge on any atom is 0.267 e. The normalized spacial score (nSPS) is 37.7. The number of carbonyl (C=O) groups excluding carboxylic acids is 1. The zero-order valence-electron chi connectivity index (χ0n) is 9.73. The van der Waals surface area contributed by atoms with Crippen molar-refractivity contribution in [3.63, 3.8) is 0 Å². The molecule has 1 amide bonds. The third-order valence-electron chi connectivity index (χ3n) is 3.42. The molecule has 1 saturated heterocycles. The van der Waals surface area contributed by atoms with E-state index in [0.717, 1.165) is 6.42 Å². The van der Waals surface area contributed by atoms with Crippen molar-refractivity contribution in [2.24, 2.45) is 11.8 Å². The third-order valence-corrected chi connectivity index (χ3v) is 3.42. The Morgan fingerprint density at radius 3 is 2.88 bits per heavy atom. The molecule has 0 spiro atoms. The first kappa shape index (κ1) is 11.2. The van der Waals surface area contributed by atoms with E-state index < -0.39 is 5.60 Å². The second kappa shape index (κ2) is 3.95. The summed E-state index contributed by atoms with van der Waals surface area (Å²) in [5.74, 6) is 6.21. The molecule has 0 aromatic rings. The summed E-state index contributed by atoms with van der Waals surface area (Å²) in [4.78, 5) is 13.2. The largest absolute Gasteiger partial charge is 0.369 e. The number of carbonyl (C=O) groups is 1. The highest BCUT2D eigenvalue weighted by atomic mass is 16.3. The Morgan fingerprint density at radius 1 is 1.62 bits per heavy atom. The van der Waals surface area contributed by atoms with Gasteiger partial charge < -0.3 is 10.0 Å². The maximum absolute atomic E-state index is 11.7. The number of nitrogens with zero attached hydrogens (tertiary/aromatic N) is 1. The van der Waals surface area contributed by atoms with Gasteiger partial charge in [-0.25, -0.2) is 0 Å². The van der Waals surface area contributed by atoms with Crippen LogP contribution in [0, 0.1) is 23.7 Å². The van der Waals surface area contributed by atoms with Crippen molar-refractivity contribution in [1.82, 2.24) is 4.90 Å². The van der Waals surface area contributed by atoms with Gasteiger partial charge in [0.2, 0.25) is 5.60 Å². The molecule has 1 aliphatic carbocycles. The highest BCUT2D eigenvalue weighted by Gasteiger charge is 2.42. The van der Waals surface area contributed by atoms with Gasteiger partial charge in [0, 0.05) is 25.9 Å². The average Bonchev–Trinajstić information content (AvgIpc) is 2.77. The van der Waals surface area contributed by atoms with Crippen molar-refractivity contribution in [2.75, 3.05) is 13.6 Å². The average molecular weight is 219 g/mol. The quantitative estimate of drug-likeness (QED) is 0.483. The number of hydrogen-bond donors (Lipinski definition) is 1. The lowest BCUT2D eigenvalue weighted by atomic mass is 9.96. The van der Waals surface area contributed by atoms with Gasteiger partial charge in [0.05, 0.1) is 0 Å². The van der Waals surface area contributed by atoms with Gasteiger partial charge in [-0.3, -0.25) is 4.79 Å². The van der Waals surface area contributed by atoms with Crippen LogP contribution in [0.4, 0.5) is 0 Å². The van der Waals surface area contributed by atoms with Gasteiger partial charge in [-0.2, -0.15) is 0 Å². The van der Waals surface area contributed by atoms with Crippen LogP contribution in [-0.4, -0.2) is 35.1 Å². The number of likely N-dealkylation sites (tertiary alicyclic amines) is 1. The van der Waals surface area contributed by atoms with Crippen LogP contribution in [-0.2, 0) is 4.79 Å². The minimum absolute atomic E-state index is 0.183. The van der Waals surface area contributed by atoms with Crippen molar-refractivity contribution in [3.8, 4) is 11.8 Å². The molecule has 1 fully saturated rings. The predicted molar refractivity (Wildman–Crippen MR) is 61.4 cm³/mol. The van der Waals surface area contributed by atoms with Crippen molar-refractivity contribution in [3.05, 3.63) is 12.2 Å². The fraction of sp³-hybridized carbons (Fsp3) is 0.615. The van der Waals surface area contributed by atoms with Crippen LogP contribution >= 0.6 is 0 Å². The Hall–Kier alpha value is -1.27. The van der Waals surface area contributed by atoms with Gasteiger partial charge in [-0.1, -0.05) is 30.9 Å². The molecular weight excluding hydrogens is 202 g/mol. The number of rotatable bonds is 0. The lowest BCUT2D eigenvalue weighted by Crippen LogP contribution is -2.37. The minimum atomic E-state index is -1.44. The summed E-state index contributed by atoms with van der Waals surface area (Å²) in [7, 11) is 1.69. The molecule has 1 N–H and O–H groups in total. The van der Waals surface area contributed by atoms with E-state index in [0.29, 0.717) is 18.9 Å². The number of hydrogen-bond acceptors (Lipinski definition) is 2. The highest BCUT2D eigenvalue weighted by Crippen LogP contribution is 2.25. The SMILES string of the molecule is C[C@H]1CC=C[C@H]1C#C[C@]1(O)CCN(C)C1=O. The van der Waals surface area contributed by atoms with Crippen LogP contribution in [0.15, 0.2) is 12.2 Å². The second-order valence-electron chi connectivity index (χ2n) is 4.77. The lowest BCUT2D eigenvalue weighted by molar-refractivity contribution is -0.137. The predicted octanol–water partition coefficient (Wildman–Crippen LogP) is 0.795. The van der Waals surface area contributed by atoms with Gasteiger partial charge in [0.25, 0.3) is 5.91 Å². The van der Waals surface area contributed by atoms with E-state index in [1.807, 2.05) is 0 Å². The molecule has 16 heavy (non-hydrogen) atoms. The highest BCUT2D eigenvalue weighted by molar-refractivity contribution is 5.90. The molecule has 2 rings (SSSR count). The molecule has 3 nitrogen and oxygen atoms in total. The molecule has 3 atom stereocenters. The molecule has 0 bridgehead atoms. The molecule has 0 aromatic carbocycles. The van der Waals surface area contributed by atoms with Gasteiger partial charge in [-0.15, -0.1) is 0 Å². The molecule has 1 aliphatic heterocycles. The first-order chi connectivity index (χ1) is 7.53. The maximum atomic E-state index is 11.7. The Labute approximate surface area is 96.1 Å². The van der Waals surface area contributed by atoms with Crippen LogP contribution in [0.3, 0.4) is 0 Å². The fourth-order valence-electron chi connectivity index (χ4n) is 2.14. The summed E-state index contributed by atoms with van der Waals surface area (Å²) >= 11 is 0. The molecule has 86 valence electrons. The summed E-state index contributed by atoms with van der Waals surface area (Å²) in [6.45, 7) is 2.71. The van der Waals surface area contributed by atoms with E-state index in [1.165, 1.54) is 4.90 Å². The van der Waals surface area contributed by atoms with E-state index in [2.05, 4.69) is 30.9 Å². The van der Waals surface area contributed by atoms with E-state index in [-0.39, 0.29) is 11.8 Å². The Morgan fingerprint density at radius 2 is 2.38 bits per heavy atom. The topological polar surface area (TPSA) is 40.5 Å². The van der Waals surface area contributed by atoms with Gasteiger partial charge in [-0.05, 0) is 12.3 Å². The molecular formula is C13H17NO2. The summed E-state index contributed by atoms with van der Waals surface area (Å²) in [5, 5.41) is 10.1. The van der Waals surface area contributed by atoms with Crippen LogP contribution in [0.25, 0.3) is 0 Å². The standard InChI is InChI=1S/C13H17NO2/c1-10-4-3-5-11(10)6-7-13(16)8-9-14(2)12(13)15/h3,5,10-11,16H,4,8-9H2,1-2H3/t10-,11-,13-/m0/s1. The van der Waals surface area contributed by atoms with E-state index >= 15 is 0 Å². The zero-order valence-corrected chi connectivity index (χ0v) is 9.73.